The van der Waals surface area contributed by atoms with Gasteiger partial charge in [0.05, 0.1) is 16.8 Å². The van der Waals surface area contributed by atoms with Crippen molar-refractivity contribution >= 4 is 29.2 Å². The first-order chi connectivity index (χ1) is 10.6. The van der Waals surface area contributed by atoms with Gasteiger partial charge in [0.2, 0.25) is 0 Å². The molecule has 110 valence electrons. The maximum atomic E-state index is 12.1. The Balaban J connectivity index is 1.84. The molecule has 22 heavy (non-hydrogen) atoms. The SMILES string of the molecule is CN1C(=O)c2cccc(NC(=O)Nc3ccccc3)c2C1=O. The van der Waals surface area contributed by atoms with Crippen LogP contribution >= 0.6 is 0 Å². The van der Waals surface area contributed by atoms with E-state index in [9.17, 15) is 14.4 Å². The molecule has 0 saturated carbocycles. The number of nitrogens with zero attached hydrogens (tertiary/aromatic N) is 1. The Morgan fingerprint density at radius 3 is 2.36 bits per heavy atom. The summed E-state index contributed by atoms with van der Waals surface area (Å²) in [6.45, 7) is 0. The van der Waals surface area contributed by atoms with E-state index in [4.69, 9.17) is 0 Å². The standard InChI is InChI=1S/C16H13N3O3/c1-19-14(20)11-8-5-9-12(13(11)15(19)21)18-16(22)17-10-6-3-2-4-7-10/h2-9H,1H3,(H2,17,18,22). The molecule has 0 fully saturated rings. The monoisotopic (exact) mass is 295 g/mol. The van der Waals surface area contributed by atoms with Crippen LogP contribution in [0, 0.1) is 0 Å². The second-order valence-electron chi connectivity index (χ2n) is 4.84. The van der Waals surface area contributed by atoms with Crippen LogP contribution in [-0.4, -0.2) is 29.8 Å². The highest BCUT2D eigenvalue weighted by molar-refractivity contribution is 6.24. The number of carbonyl (C=O) groups excluding carboxylic acids is 3. The highest BCUT2D eigenvalue weighted by atomic mass is 16.2. The van der Waals surface area contributed by atoms with Gasteiger partial charge in [-0.05, 0) is 24.3 Å². The molecule has 2 aromatic carbocycles. The molecule has 0 radical (unpaired) electrons. The van der Waals surface area contributed by atoms with Gasteiger partial charge in [0, 0.05) is 12.7 Å². The van der Waals surface area contributed by atoms with Crippen LogP contribution in [0.25, 0.3) is 0 Å². The summed E-state index contributed by atoms with van der Waals surface area (Å²) in [4.78, 5) is 37.1. The molecule has 1 aliphatic heterocycles. The van der Waals surface area contributed by atoms with Crippen molar-refractivity contribution in [1.82, 2.24) is 4.90 Å². The van der Waals surface area contributed by atoms with Crippen LogP contribution < -0.4 is 10.6 Å². The largest absolute Gasteiger partial charge is 0.323 e. The summed E-state index contributed by atoms with van der Waals surface area (Å²) in [6.07, 6.45) is 0. The van der Waals surface area contributed by atoms with E-state index in [1.807, 2.05) is 6.07 Å². The molecule has 0 aromatic heterocycles. The number of anilines is 2. The quantitative estimate of drug-likeness (QED) is 0.836. The lowest BCUT2D eigenvalue weighted by molar-refractivity contribution is 0.0693. The van der Waals surface area contributed by atoms with Gasteiger partial charge < -0.3 is 10.6 Å². The normalized spacial score (nSPS) is 13.0. The average molecular weight is 295 g/mol. The van der Waals surface area contributed by atoms with E-state index in [-0.39, 0.29) is 11.5 Å². The number of benzene rings is 2. The van der Waals surface area contributed by atoms with Gasteiger partial charge in [0.15, 0.2) is 0 Å². The zero-order valence-electron chi connectivity index (χ0n) is 11.8. The van der Waals surface area contributed by atoms with Crippen LogP contribution in [0.1, 0.15) is 20.7 Å². The fourth-order valence-corrected chi connectivity index (χ4v) is 2.31. The van der Waals surface area contributed by atoms with Crippen LogP contribution in [0.3, 0.4) is 0 Å². The van der Waals surface area contributed by atoms with Crippen molar-refractivity contribution in [2.24, 2.45) is 0 Å². The number of amides is 4. The number of urea groups is 1. The minimum atomic E-state index is -0.477. The van der Waals surface area contributed by atoms with Crippen LogP contribution in [0.2, 0.25) is 0 Å². The van der Waals surface area contributed by atoms with E-state index >= 15 is 0 Å². The first-order valence-electron chi connectivity index (χ1n) is 6.66. The van der Waals surface area contributed by atoms with Gasteiger partial charge in [-0.3, -0.25) is 14.5 Å². The number of fused-ring (bicyclic) bond motifs is 1. The summed E-state index contributed by atoms with van der Waals surface area (Å²) in [5, 5.41) is 5.27. The van der Waals surface area contributed by atoms with Crippen LogP contribution in [0.15, 0.2) is 48.5 Å². The smallest absolute Gasteiger partial charge is 0.308 e. The molecule has 0 unspecified atom stereocenters. The Morgan fingerprint density at radius 2 is 1.64 bits per heavy atom. The van der Waals surface area contributed by atoms with Crippen molar-refractivity contribution in [2.45, 2.75) is 0 Å². The minimum absolute atomic E-state index is 0.221. The fraction of sp³-hybridized carbons (Fsp3) is 0.0625. The molecule has 1 aliphatic rings. The van der Waals surface area contributed by atoms with Gasteiger partial charge in [-0.25, -0.2) is 4.79 Å². The summed E-state index contributed by atoms with van der Waals surface area (Å²) in [5.74, 6) is -0.789. The first-order valence-corrected chi connectivity index (χ1v) is 6.66. The van der Waals surface area contributed by atoms with Crippen molar-refractivity contribution in [3.8, 4) is 0 Å². The lowest BCUT2D eigenvalue weighted by Crippen LogP contribution is -2.25. The van der Waals surface area contributed by atoms with Gasteiger partial charge in [-0.15, -0.1) is 0 Å². The Morgan fingerprint density at radius 1 is 0.909 bits per heavy atom. The fourth-order valence-electron chi connectivity index (χ4n) is 2.31. The molecule has 0 aliphatic carbocycles. The predicted octanol–water partition coefficient (Wildman–Crippen LogP) is 2.56. The van der Waals surface area contributed by atoms with E-state index in [1.54, 1.807) is 42.5 Å². The van der Waals surface area contributed by atoms with Crippen molar-refractivity contribution in [2.75, 3.05) is 17.7 Å². The maximum Gasteiger partial charge on any atom is 0.323 e. The number of hydrogen-bond acceptors (Lipinski definition) is 3. The van der Waals surface area contributed by atoms with Gasteiger partial charge in [-0.2, -0.15) is 0 Å². The summed E-state index contributed by atoms with van der Waals surface area (Å²) in [7, 11) is 1.42. The number of para-hydroxylation sites is 1. The van der Waals surface area contributed by atoms with Gasteiger partial charge in [0.1, 0.15) is 0 Å². The molecule has 0 bridgehead atoms. The zero-order chi connectivity index (χ0) is 15.7. The second kappa shape index (κ2) is 5.33. The lowest BCUT2D eigenvalue weighted by atomic mass is 10.1. The molecule has 6 heteroatoms. The van der Waals surface area contributed by atoms with E-state index in [0.29, 0.717) is 16.9 Å². The van der Waals surface area contributed by atoms with Crippen molar-refractivity contribution in [3.63, 3.8) is 0 Å². The van der Waals surface area contributed by atoms with Crippen molar-refractivity contribution < 1.29 is 14.4 Å². The highest BCUT2D eigenvalue weighted by Crippen LogP contribution is 2.28. The third-order valence-electron chi connectivity index (χ3n) is 3.40. The summed E-state index contributed by atoms with van der Waals surface area (Å²) in [5.41, 5.74) is 1.46. The Labute approximate surface area is 126 Å². The molecule has 6 nitrogen and oxygen atoms in total. The lowest BCUT2D eigenvalue weighted by Gasteiger charge is -2.10. The predicted molar refractivity (Wildman–Crippen MR) is 81.9 cm³/mol. The molecule has 3 rings (SSSR count). The van der Waals surface area contributed by atoms with Gasteiger partial charge in [0.25, 0.3) is 11.8 Å². The molecule has 0 saturated heterocycles. The highest BCUT2D eigenvalue weighted by Gasteiger charge is 2.35. The van der Waals surface area contributed by atoms with Gasteiger partial charge in [-0.1, -0.05) is 24.3 Å². The third kappa shape index (κ3) is 2.31. The van der Waals surface area contributed by atoms with E-state index in [1.165, 1.54) is 7.05 Å². The van der Waals surface area contributed by atoms with Crippen molar-refractivity contribution in [1.29, 1.82) is 0 Å². The van der Waals surface area contributed by atoms with E-state index in [2.05, 4.69) is 10.6 Å². The number of rotatable bonds is 2. The topological polar surface area (TPSA) is 78.5 Å². The molecule has 2 aromatic rings. The Bertz CT molecular complexity index is 771. The molecule has 4 amide bonds. The number of imide groups is 1. The maximum absolute atomic E-state index is 12.1. The number of hydrogen-bond donors (Lipinski definition) is 2. The summed E-state index contributed by atoms with van der Waals surface area (Å²) < 4.78 is 0. The Kier molecular flexibility index (Phi) is 3.34. The molecule has 0 atom stereocenters. The number of nitrogens with one attached hydrogen (secondary N) is 2. The van der Waals surface area contributed by atoms with Crippen LogP contribution in [0.4, 0.5) is 16.2 Å². The number of carbonyl (C=O) groups is 3. The molecule has 1 heterocycles. The summed E-state index contributed by atoms with van der Waals surface area (Å²) >= 11 is 0. The summed E-state index contributed by atoms with van der Waals surface area (Å²) in [6, 6.07) is 13.2. The minimum Gasteiger partial charge on any atom is -0.308 e. The third-order valence-corrected chi connectivity index (χ3v) is 3.40. The molecule has 2 N–H and O–H groups in total. The van der Waals surface area contributed by atoms with Crippen LogP contribution in [-0.2, 0) is 0 Å². The molecular formula is C16H13N3O3. The molecular weight excluding hydrogens is 282 g/mol. The van der Waals surface area contributed by atoms with Crippen molar-refractivity contribution in [3.05, 3.63) is 59.7 Å². The van der Waals surface area contributed by atoms with E-state index < -0.39 is 11.9 Å². The second-order valence-corrected chi connectivity index (χ2v) is 4.84. The first kappa shape index (κ1) is 13.8. The van der Waals surface area contributed by atoms with E-state index in [0.717, 1.165) is 4.90 Å². The van der Waals surface area contributed by atoms with Gasteiger partial charge >= 0.3 is 6.03 Å². The molecule has 0 spiro atoms. The zero-order valence-corrected chi connectivity index (χ0v) is 11.8. The Hall–Kier alpha value is -3.15. The van der Waals surface area contributed by atoms with Crippen LogP contribution in [0.5, 0.6) is 0 Å². The average Bonchev–Trinajstić information content (AvgIpc) is 2.74.